The third-order valence-electron chi connectivity index (χ3n) is 3.73. The van der Waals surface area contributed by atoms with Gasteiger partial charge < -0.3 is 8.97 Å². The van der Waals surface area contributed by atoms with Crippen LogP contribution in [0.5, 0.6) is 0 Å². The minimum atomic E-state index is -4.50. The maximum atomic E-state index is 12.9. The first kappa shape index (κ1) is 18.8. The molecule has 2 heterocycles. The third kappa shape index (κ3) is 3.90. The van der Waals surface area contributed by atoms with Crippen molar-refractivity contribution >= 4 is 43.2 Å². The summed E-state index contributed by atoms with van der Waals surface area (Å²) in [7, 11) is -4.50. The Kier molecular flexibility index (Phi) is 5.07. The molecule has 0 atom stereocenters. The van der Waals surface area contributed by atoms with E-state index in [9.17, 15) is 18.0 Å². The van der Waals surface area contributed by atoms with Gasteiger partial charge in [0.15, 0.2) is 0 Å². The minimum Gasteiger partial charge on any atom is -0.316 e. The number of pyridine rings is 1. The monoisotopic (exact) mass is 458 g/mol. The van der Waals surface area contributed by atoms with E-state index in [1.807, 2.05) is 0 Å². The van der Waals surface area contributed by atoms with Gasteiger partial charge in [-0.15, -0.1) is 0 Å². The molecule has 136 valence electrons. The minimum absolute atomic E-state index is 0.0839. The molecule has 0 bridgehead atoms. The van der Waals surface area contributed by atoms with Crippen molar-refractivity contribution in [2.24, 2.45) is 0 Å². The van der Waals surface area contributed by atoms with Crippen LogP contribution in [-0.4, -0.2) is 21.9 Å². The Bertz CT molecular complexity index is 1230. The van der Waals surface area contributed by atoms with Crippen LogP contribution < -0.4 is 11.0 Å². The number of benzene rings is 1. The smallest absolute Gasteiger partial charge is 0.275 e. The van der Waals surface area contributed by atoms with Crippen molar-refractivity contribution in [1.82, 2.24) is 8.97 Å². The summed E-state index contributed by atoms with van der Waals surface area (Å²) in [6.07, 6.45) is 4.42. The number of hydrogen-bond acceptors (Lipinski definition) is 4. The second-order valence-corrected chi connectivity index (χ2v) is 8.37. The van der Waals surface area contributed by atoms with E-state index < -0.39 is 26.9 Å². The first-order valence-corrected chi connectivity index (χ1v) is 10.1. The molecule has 1 aromatic carbocycles. The molecule has 0 saturated carbocycles. The molecule has 0 fully saturated rings. The average molecular weight is 460 g/mol. The Morgan fingerprint density at radius 3 is 2.58 bits per heavy atom. The molecular formula is C16H12BrClN2O5S. The highest BCUT2D eigenvalue weighted by molar-refractivity contribution is 9.10. The number of rotatable bonds is 4. The van der Waals surface area contributed by atoms with E-state index in [0.29, 0.717) is 5.02 Å². The van der Waals surface area contributed by atoms with Gasteiger partial charge in [-0.05, 0) is 33.6 Å². The second-order valence-electron chi connectivity index (χ2n) is 5.63. The van der Waals surface area contributed by atoms with Gasteiger partial charge in [0.25, 0.3) is 15.7 Å². The van der Waals surface area contributed by atoms with Crippen LogP contribution in [0.4, 0.5) is 0 Å². The van der Waals surface area contributed by atoms with Crippen LogP contribution in [-0.2, 0) is 22.4 Å². The van der Waals surface area contributed by atoms with Crippen molar-refractivity contribution in [3.63, 3.8) is 0 Å². The van der Waals surface area contributed by atoms with E-state index >= 15 is 0 Å². The van der Waals surface area contributed by atoms with Crippen molar-refractivity contribution in [2.75, 3.05) is 0 Å². The topological polar surface area (TPSA) is 97.9 Å². The Morgan fingerprint density at radius 2 is 1.92 bits per heavy atom. The average Bonchev–Trinajstić information content (AvgIpc) is 2.53. The fraction of sp³-hybridized carbons (Fsp3) is 0.125. The van der Waals surface area contributed by atoms with Gasteiger partial charge in [0, 0.05) is 29.2 Å². The zero-order valence-corrected chi connectivity index (χ0v) is 16.3. The molecular weight excluding hydrogens is 448 g/mol. The van der Waals surface area contributed by atoms with Crippen LogP contribution in [0.1, 0.15) is 11.1 Å². The van der Waals surface area contributed by atoms with Crippen molar-refractivity contribution in [2.45, 2.75) is 12.3 Å². The van der Waals surface area contributed by atoms with E-state index in [0.717, 1.165) is 5.56 Å². The number of halogens is 2. The van der Waals surface area contributed by atoms with E-state index in [2.05, 4.69) is 15.9 Å². The van der Waals surface area contributed by atoms with Crippen LogP contribution in [0, 0.1) is 0 Å². The lowest BCUT2D eigenvalue weighted by Gasteiger charge is -2.11. The van der Waals surface area contributed by atoms with Crippen LogP contribution in [0.3, 0.4) is 0 Å². The van der Waals surface area contributed by atoms with Crippen LogP contribution in [0.25, 0.3) is 5.52 Å². The normalized spacial score (nSPS) is 11.8. The van der Waals surface area contributed by atoms with Gasteiger partial charge in [0.2, 0.25) is 5.43 Å². The standard InChI is InChI=1S/C16H12BrClN2O5S/c17-13-8-19-4-5-20(7-10-2-1-3-11(18)6-10)16(22)14(19)12(15(13)21)9-26(23,24)25/h1-6,8H,7,9H2,(H,23,24,25). The van der Waals surface area contributed by atoms with Crippen molar-refractivity contribution in [1.29, 1.82) is 0 Å². The Morgan fingerprint density at radius 1 is 1.19 bits per heavy atom. The first-order valence-electron chi connectivity index (χ1n) is 7.28. The van der Waals surface area contributed by atoms with E-state index in [1.54, 1.807) is 24.3 Å². The Balaban J connectivity index is 2.25. The maximum absolute atomic E-state index is 12.9. The predicted octanol–water partition coefficient (Wildman–Crippen LogP) is 2.31. The molecule has 1 N–H and O–H groups in total. The predicted molar refractivity (Wildman–Crippen MR) is 101 cm³/mol. The molecule has 26 heavy (non-hydrogen) atoms. The van der Waals surface area contributed by atoms with E-state index in [4.69, 9.17) is 16.2 Å². The molecule has 0 aliphatic heterocycles. The summed E-state index contributed by atoms with van der Waals surface area (Å²) in [5.74, 6) is -0.953. The summed E-state index contributed by atoms with van der Waals surface area (Å²) >= 11 is 9.00. The van der Waals surface area contributed by atoms with E-state index in [-0.39, 0.29) is 22.1 Å². The summed E-state index contributed by atoms with van der Waals surface area (Å²) in [5, 5.41) is 0.517. The van der Waals surface area contributed by atoms with E-state index in [1.165, 1.54) is 27.6 Å². The van der Waals surface area contributed by atoms with Gasteiger partial charge in [0.1, 0.15) is 11.3 Å². The molecule has 0 saturated heterocycles. The fourth-order valence-electron chi connectivity index (χ4n) is 2.64. The van der Waals surface area contributed by atoms with Gasteiger partial charge >= 0.3 is 0 Å². The molecule has 3 aromatic rings. The number of aromatic nitrogens is 2. The number of nitrogens with zero attached hydrogens (tertiary/aromatic N) is 2. The molecule has 2 aromatic heterocycles. The molecule has 0 amide bonds. The summed E-state index contributed by atoms with van der Waals surface area (Å²) in [6.45, 7) is 0.186. The molecule has 0 unspecified atom stereocenters. The van der Waals surface area contributed by atoms with Crippen LogP contribution >= 0.6 is 27.5 Å². The zero-order chi connectivity index (χ0) is 19.1. The summed E-state index contributed by atoms with van der Waals surface area (Å²) in [5.41, 5.74) is -0.872. The van der Waals surface area contributed by atoms with Crippen LogP contribution in [0.2, 0.25) is 5.02 Å². The second kappa shape index (κ2) is 6.99. The molecule has 0 aliphatic carbocycles. The lowest BCUT2D eigenvalue weighted by Crippen LogP contribution is -2.28. The van der Waals surface area contributed by atoms with Crippen molar-refractivity contribution in [3.8, 4) is 0 Å². The van der Waals surface area contributed by atoms with Gasteiger partial charge in [-0.3, -0.25) is 14.1 Å². The Labute approximate surface area is 161 Å². The number of hydrogen-bond donors (Lipinski definition) is 1. The van der Waals surface area contributed by atoms with Crippen molar-refractivity contribution in [3.05, 3.63) is 84.1 Å². The molecule has 7 nitrogen and oxygen atoms in total. The zero-order valence-electron chi connectivity index (χ0n) is 13.1. The highest BCUT2D eigenvalue weighted by atomic mass is 79.9. The third-order valence-corrected chi connectivity index (χ3v) is 5.18. The SMILES string of the molecule is O=c1c(Br)cn2ccn(Cc3cccc(Cl)c3)c(=O)c2c1CS(=O)(=O)O. The molecule has 10 heteroatoms. The molecule has 0 spiro atoms. The van der Waals surface area contributed by atoms with Gasteiger partial charge in [-0.2, -0.15) is 8.42 Å². The summed E-state index contributed by atoms with van der Waals surface area (Å²) in [6, 6.07) is 6.94. The lowest BCUT2D eigenvalue weighted by molar-refractivity contribution is 0.482. The van der Waals surface area contributed by atoms with Gasteiger partial charge in [0.05, 0.1) is 11.0 Å². The lowest BCUT2D eigenvalue weighted by atomic mass is 10.2. The molecule has 0 radical (unpaired) electrons. The highest BCUT2D eigenvalue weighted by Crippen LogP contribution is 2.14. The fourth-order valence-corrected chi connectivity index (χ4v) is 3.94. The largest absolute Gasteiger partial charge is 0.316 e. The molecule has 3 rings (SSSR count). The van der Waals surface area contributed by atoms with Crippen molar-refractivity contribution < 1.29 is 13.0 Å². The summed E-state index contributed by atoms with van der Waals surface area (Å²) in [4.78, 5) is 25.2. The maximum Gasteiger partial charge on any atom is 0.275 e. The highest BCUT2D eigenvalue weighted by Gasteiger charge is 2.19. The van der Waals surface area contributed by atoms with Crippen LogP contribution in [0.15, 0.2) is 56.9 Å². The molecule has 0 aliphatic rings. The number of fused-ring (bicyclic) bond motifs is 1. The van der Waals surface area contributed by atoms with Gasteiger partial charge in [-0.25, -0.2) is 0 Å². The first-order chi connectivity index (χ1) is 12.2. The Hall–Kier alpha value is -1.94. The quantitative estimate of drug-likeness (QED) is 0.604. The van der Waals surface area contributed by atoms with Gasteiger partial charge in [-0.1, -0.05) is 23.7 Å². The summed E-state index contributed by atoms with van der Waals surface area (Å²) < 4.78 is 34.5.